The number of hydrogen-bond acceptors (Lipinski definition) is 7. The van der Waals surface area contributed by atoms with Crippen molar-refractivity contribution >= 4 is 35.6 Å². The summed E-state index contributed by atoms with van der Waals surface area (Å²) in [5, 5.41) is 3.39. The van der Waals surface area contributed by atoms with E-state index in [1.807, 2.05) is 65.0 Å². The molecule has 2 heterocycles. The summed E-state index contributed by atoms with van der Waals surface area (Å²) in [6, 6.07) is 14.4. The summed E-state index contributed by atoms with van der Waals surface area (Å²) in [5.74, 6) is 0.0682. The number of carbonyl (C=O) groups excluding carboxylic acids is 3. The van der Waals surface area contributed by atoms with Crippen LogP contribution in [0.15, 0.2) is 60.9 Å². The monoisotopic (exact) mass is 629 g/mol. The Balaban J connectivity index is 1.56. The van der Waals surface area contributed by atoms with E-state index >= 15 is 0 Å². The molecule has 0 radical (unpaired) electrons. The molecule has 0 atom stereocenters. The normalized spacial score (nSPS) is 11.6. The van der Waals surface area contributed by atoms with Crippen molar-refractivity contribution < 1.29 is 28.3 Å². The average Bonchev–Trinajstić information content (AvgIpc) is 2.97. The molecular weight excluding hydrogens is 592 g/mol. The SMILES string of the molecule is COc1cc(-c2nccc(-c3cccc(NC(=O)c4ccc(C[N+](C)(C)C(=O)OC(C)(C)C)cn4)c3C)c2Cl)cc(C)c1C=O. The third kappa shape index (κ3) is 7.56. The summed E-state index contributed by atoms with van der Waals surface area (Å²) in [4.78, 5) is 46.3. The summed E-state index contributed by atoms with van der Waals surface area (Å²) in [5.41, 5.74) is 5.87. The molecule has 0 aliphatic heterocycles. The van der Waals surface area contributed by atoms with Crippen molar-refractivity contribution in [2.45, 2.75) is 46.8 Å². The number of methoxy groups -OCH3 is 1. The number of nitrogens with zero attached hydrogens (tertiary/aromatic N) is 3. The van der Waals surface area contributed by atoms with Gasteiger partial charge in [0, 0.05) is 34.8 Å². The van der Waals surface area contributed by atoms with Crippen LogP contribution in [0.2, 0.25) is 5.02 Å². The Morgan fingerprint density at radius 2 is 1.76 bits per heavy atom. The van der Waals surface area contributed by atoms with Crippen LogP contribution in [0.1, 0.15) is 58.3 Å². The molecule has 0 spiro atoms. The Bertz CT molecular complexity index is 1760. The van der Waals surface area contributed by atoms with E-state index in [9.17, 15) is 14.4 Å². The van der Waals surface area contributed by atoms with Crippen molar-refractivity contribution in [2.24, 2.45) is 0 Å². The number of aldehydes is 1. The highest BCUT2D eigenvalue weighted by molar-refractivity contribution is 6.35. The van der Waals surface area contributed by atoms with Crippen molar-refractivity contribution in [3.8, 4) is 28.1 Å². The van der Waals surface area contributed by atoms with E-state index in [-0.39, 0.29) is 22.2 Å². The van der Waals surface area contributed by atoms with Gasteiger partial charge >= 0.3 is 6.09 Å². The van der Waals surface area contributed by atoms with Gasteiger partial charge in [-0.25, -0.2) is 4.48 Å². The van der Waals surface area contributed by atoms with Gasteiger partial charge in [0.15, 0.2) is 6.29 Å². The summed E-state index contributed by atoms with van der Waals surface area (Å²) in [6.07, 6.45) is 3.68. The Kier molecular flexibility index (Phi) is 9.75. The molecule has 4 rings (SSSR count). The van der Waals surface area contributed by atoms with Crippen molar-refractivity contribution in [1.29, 1.82) is 0 Å². The number of ether oxygens (including phenoxy) is 2. The highest BCUT2D eigenvalue weighted by Crippen LogP contribution is 2.39. The van der Waals surface area contributed by atoms with E-state index in [2.05, 4.69) is 15.3 Å². The van der Waals surface area contributed by atoms with Gasteiger partial charge in [0.05, 0.1) is 37.5 Å². The van der Waals surface area contributed by atoms with Crippen molar-refractivity contribution in [2.75, 3.05) is 26.5 Å². The molecule has 45 heavy (non-hydrogen) atoms. The minimum atomic E-state index is -0.593. The Hall–Kier alpha value is -4.60. The van der Waals surface area contributed by atoms with Crippen LogP contribution in [0, 0.1) is 13.8 Å². The number of pyridine rings is 2. The van der Waals surface area contributed by atoms with E-state index < -0.39 is 5.60 Å². The summed E-state index contributed by atoms with van der Waals surface area (Å²) < 4.78 is 10.9. The van der Waals surface area contributed by atoms with Gasteiger partial charge in [-0.1, -0.05) is 23.7 Å². The molecule has 0 unspecified atom stereocenters. The maximum Gasteiger partial charge on any atom is 0.516 e. The molecule has 0 fully saturated rings. The molecule has 2 amide bonds. The summed E-state index contributed by atoms with van der Waals surface area (Å²) in [6.45, 7) is 9.57. The van der Waals surface area contributed by atoms with Crippen LogP contribution in [0.3, 0.4) is 0 Å². The molecule has 4 aromatic rings. The van der Waals surface area contributed by atoms with Gasteiger partial charge in [-0.2, -0.15) is 4.79 Å². The van der Waals surface area contributed by atoms with Gasteiger partial charge < -0.3 is 14.8 Å². The van der Waals surface area contributed by atoms with Crippen LogP contribution in [0.25, 0.3) is 22.4 Å². The molecular formula is C35H38ClN4O5+. The molecule has 0 aliphatic carbocycles. The second kappa shape index (κ2) is 13.2. The molecule has 234 valence electrons. The standard InChI is InChI=1S/C35H37ClN4O5/c1-21-16-24(17-30(44-8)27(21)20-41)32-31(36)26(14-15-37-32)25-10-9-11-28(22(25)2)39-33(42)29-13-12-23(18-38-29)19-40(6,7)34(43)45-35(3,4)5/h9-18,20H,19H2,1-8H3/p+1. The Labute approximate surface area is 268 Å². The first-order valence-electron chi connectivity index (χ1n) is 14.4. The smallest absolute Gasteiger partial charge is 0.496 e. The van der Waals surface area contributed by atoms with Crippen LogP contribution in [0.5, 0.6) is 5.75 Å². The van der Waals surface area contributed by atoms with E-state index in [0.717, 1.165) is 34.1 Å². The van der Waals surface area contributed by atoms with Gasteiger partial charge in [0.2, 0.25) is 0 Å². The number of aromatic nitrogens is 2. The minimum absolute atomic E-state index is 0.0209. The highest BCUT2D eigenvalue weighted by atomic mass is 35.5. The molecule has 0 saturated heterocycles. The lowest BCUT2D eigenvalue weighted by Crippen LogP contribution is -2.47. The summed E-state index contributed by atoms with van der Waals surface area (Å²) >= 11 is 6.94. The number of halogens is 1. The quantitative estimate of drug-likeness (QED) is 0.157. The zero-order chi connectivity index (χ0) is 33.1. The second-order valence-corrected chi connectivity index (χ2v) is 12.7. The molecule has 0 saturated carbocycles. The molecule has 1 N–H and O–H groups in total. The first kappa shape index (κ1) is 33.3. The number of aryl methyl sites for hydroxylation is 1. The lowest BCUT2D eigenvalue weighted by Gasteiger charge is -2.29. The number of hydrogen-bond donors (Lipinski definition) is 1. The van der Waals surface area contributed by atoms with Gasteiger partial charge in [0.25, 0.3) is 5.91 Å². The van der Waals surface area contributed by atoms with Crippen molar-refractivity contribution in [3.05, 3.63) is 93.9 Å². The van der Waals surface area contributed by atoms with Crippen LogP contribution < -0.4 is 10.1 Å². The number of amides is 2. The maximum absolute atomic E-state index is 13.2. The van der Waals surface area contributed by atoms with E-state index in [0.29, 0.717) is 39.8 Å². The third-order valence-electron chi connectivity index (χ3n) is 7.24. The Morgan fingerprint density at radius 3 is 2.38 bits per heavy atom. The van der Waals surface area contributed by atoms with E-state index in [1.165, 1.54) is 7.11 Å². The maximum atomic E-state index is 13.2. The zero-order valence-corrected chi connectivity index (χ0v) is 27.6. The number of benzene rings is 2. The Morgan fingerprint density at radius 1 is 1.02 bits per heavy atom. The lowest BCUT2D eigenvalue weighted by atomic mass is 9.96. The van der Waals surface area contributed by atoms with Crippen molar-refractivity contribution in [1.82, 2.24) is 9.97 Å². The van der Waals surface area contributed by atoms with E-state index in [1.54, 1.807) is 44.7 Å². The van der Waals surface area contributed by atoms with Crippen molar-refractivity contribution in [3.63, 3.8) is 0 Å². The topological polar surface area (TPSA) is 107 Å². The molecule has 9 nitrogen and oxygen atoms in total. The largest absolute Gasteiger partial charge is 0.516 e. The van der Waals surface area contributed by atoms with Gasteiger partial charge in [-0.15, -0.1) is 0 Å². The summed E-state index contributed by atoms with van der Waals surface area (Å²) in [7, 11) is 5.05. The van der Waals surface area contributed by atoms with Crippen LogP contribution in [-0.4, -0.2) is 59.5 Å². The molecule has 2 aromatic heterocycles. The fourth-order valence-corrected chi connectivity index (χ4v) is 5.21. The number of anilines is 1. The number of quaternary nitrogens is 1. The first-order valence-corrected chi connectivity index (χ1v) is 14.7. The number of carbonyl (C=O) groups is 3. The number of nitrogens with one attached hydrogen (secondary N) is 1. The van der Waals surface area contributed by atoms with Crippen LogP contribution >= 0.6 is 11.6 Å². The van der Waals surface area contributed by atoms with E-state index in [4.69, 9.17) is 21.1 Å². The second-order valence-electron chi connectivity index (χ2n) is 12.4. The van der Waals surface area contributed by atoms with Gasteiger partial charge in [-0.05, 0) is 87.7 Å². The molecule has 0 bridgehead atoms. The average molecular weight is 630 g/mol. The fourth-order valence-electron chi connectivity index (χ4n) is 4.88. The minimum Gasteiger partial charge on any atom is -0.496 e. The highest BCUT2D eigenvalue weighted by Gasteiger charge is 2.33. The van der Waals surface area contributed by atoms with Gasteiger partial charge in [0.1, 0.15) is 23.6 Å². The lowest BCUT2D eigenvalue weighted by molar-refractivity contribution is -0.831. The molecule has 2 aromatic carbocycles. The van der Waals surface area contributed by atoms with Crippen LogP contribution in [-0.2, 0) is 11.3 Å². The number of rotatable bonds is 8. The molecule has 10 heteroatoms. The zero-order valence-electron chi connectivity index (χ0n) is 26.8. The van der Waals surface area contributed by atoms with Gasteiger partial charge in [-0.3, -0.25) is 19.6 Å². The first-order chi connectivity index (χ1) is 21.1. The van der Waals surface area contributed by atoms with Crippen LogP contribution in [0.4, 0.5) is 10.5 Å². The fraction of sp³-hybridized carbons (Fsp3) is 0.286. The predicted molar refractivity (Wildman–Crippen MR) is 176 cm³/mol. The molecule has 0 aliphatic rings. The third-order valence-corrected chi connectivity index (χ3v) is 7.63. The predicted octanol–water partition coefficient (Wildman–Crippen LogP) is 7.67.